The van der Waals surface area contributed by atoms with E-state index in [4.69, 9.17) is 4.74 Å². The number of nitrogens with zero attached hydrogens (tertiary/aromatic N) is 1. The average molecular weight is 288 g/mol. The normalized spacial score (nSPS) is 21.4. The molecule has 4 nitrogen and oxygen atoms in total. The monoisotopic (exact) mass is 288 g/mol. The Kier molecular flexibility index (Phi) is 3.54. The molecule has 2 aliphatic heterocycles. The second-order valence-corrected chi connectivity index (χ2v) is 7.09. The second kappa shape index (κ2) is 5.11. The van der Waals surface area contributed by atoms with Gasteiger partial charge in [-0.15, -0.1) is 0 Å². The number of hydrogen-bond acceptors (Lipinski definition) is 3. The van der Waals surface area contributed by atoms with Crippen LogP contribution in [0.15, 0.2) is 24.3 Å². The molecule has 0 radical (unpaired) electrons. The molecule has 1 saturated heterocycles. The zero-order valence-corrected chi connectivity index (χ0v) is 13.1. The van der Waals surface area contributed by atoms with Gasteiger partial charge in [-0.05, 0) is 45.2 Å². The number of benzene rings is 1. The third-order valence-electron chi connectivity index (χ3n) is 4.52. The van der Waals surface area contributed by atoms with Gasteiger partial charge in [0.15, 0.2) is 0 Å². The van der Waals surface area contributed by atoms with Crippen molar-refractivity contribution < 1.29 is 9.53 Å². The summed E-state index contributed by atoms with van der Waals surface area (Å²) in [7, 11) is 0. The predicted octanol–water partition coefficient (Wildman–Crippen LogP) is 2.74. The minimum absolute atomic E-state index is 0.119. The molecule has 1 N–H and O–H groups in total. The Morgan fingerprint density at radius 3 is 2.57 bits per heavy atom. The van der Waals surface area contributed by atoms with Crippen LogP contribution in [0.25, 0.3) is 0 Å². The number of rotatable bonds is 2. The van der Waals surface area contributed by atoms with Crippen molar-refractivity contribution in [3.63, 3.8) is 0 Å². The van der Waals surface area contributed by atoms with Crippen molar-refractivity contribution in [2.45, 2.75) is 44.6 Å². The van der Waals surface area contributed by atoms with E-state index in [0.717, 1.165) is 31.6 Å². The molecule has 0 aromatic heterocycles. The van der Waals surface area contributed by atoms with Crippen molar-refractivity contribution in [2.24, 2.45) is 0 Å². The maximum atomic E-state index is 12.5. The standard InChI is InChI=1S/C17H24N2O2/c1-16(2,3)21-12-19-10-8-17(9-11-19)13-6-4-5-7-14(13)18-15(17)20/h4-7H,8-12H2,1-3H3,(H,18,20). The number of carbonyl (C=O) groups excluding carboxylic acids is 1. The Hall–Kier alpha value is -1.39. The van der Waals surface area contributed by atoms with E-state index in [0.29, 0.717) is 6.73 Å². The first-order valence-electron chi connectivity index (χ1n) is 7.68. The molecule has 1 aromatic rings. The topological polar surface area (TPSA) is 41.6 Å². The molecule has 0 unspecified atom stereocenters. The number of piperidine rings is 1. The molecule has 0 bridgehead atoms. The number of nitrogens with one attached hydrogen (secondary N) is 1. The fourth-order valence-corrected chi connectivity index (χ4v) is 3.22. The second-order valence-electron chi connectivity index (χ2n) is 7.09. The molecule has 1 amide bonds. The number of anilines is 1. The molecular weight excluding hydrogens is 264 g/mol. The van der Waals surface area contributed by atoms with Crippen LogP contribution in [-0.2, 0) is 14.9 Å². The molecule has 1 spiro atoms. The number of para-hydroxylation sites is 1. The van der Waals surface area contributed by atoms with E-state index in [1.54, 1.807) is 0 Å². The molecule has 114 valence electrons. The van der Waals surface area contributed by atoms with Gasteiger partial charge in [0.25, 0.3) is 0 Å². The van der Waals surface area contributed by atoms with E-state index in [-0.39, 0.29) is 16.9 Å². The van der Waals surface area contributed by atoms with Gasteiger partial charge in [0.05, 0.1) is 17.7 Å². The summed E-state index contributed by atoms with van der Waals surface area (Å²) in [5.41, 5.74) is 1.72. The van der Waals surface area contributed by atoms with E-state index >= 15 is 0 Å². The molecule has 4 heteroatoms. The Morgan fingerprint density at radius 2 is 1.90 bits per heavy atom. The van der Waals surface area contributed by atoms with Gasteiger partial charge < -0.3 is 10.1 Å². The molecule has 1 aromatic carbocycles. The molecule has 21 heavy (non-hydrogen) atoms. The van der Waals surface area contributed by atoms with Crippen molar-refractivity contribution >= 4 is 11.6 Å². The maximum Gasteiger partial charge on any atom is 0.235 e. The summed E-state index contributed by atoms with van der Waals surface area (Å²) in [5, 5.41) is 3.04. The highest BCUT2D eigenvalue weighted by atomic mass is 16.5. The van der Waals surface area contributed by atoms with Gasteiger partial charge in [-0.25, -0.2) is 0 Å². The lowest BCUT2D eigenvalue weighted by molar-refractivity contribution is -0.124. The van der Waals surface area contributed by atoms with E-state index in [9.17, 15) is 4.79 Å². The van der Waals surface area contributed by atoms with E-state index < -0.39 is 0 Å². The van der Waals surface area contributed by atoms with Gasteiger partial charge in [-0.3, -0.25) is 9.69 Å². The van der Waals surface area contributed by atoms with Crippen LogP contribution in [0, 0.1) is 0 Å². The molecule has 3 rings (SSSR count). The predicted molar refractivity (Wildman–Crippen MR) is 83.3 cm³/mol. The van der Waals surface area contributed by atoms with Crippen molar-refractivity contribution in [3.8, 4) is 0 Å². The lowest BCUT2D eigenvalue weighted by atomic mass is 9.74. The summed E-state index contributed by atoms with van der Waals surface area (Å²) in [6.07, 6.45) is 1.73. The third-order valence-corrected chi connectivity index (χ3v) is 4.52. The SMILES string of the molecule is CC(C)(C)OCN1CCC2(CC1)C(=O)Nc1ccccc12. The van der Waals surface area contributed by atoms with Crippen molar-refractivity contribution in [1.82, 2.24) is 4.90 Å². The van der Waals surface area contributed by atoms with Crippen LogP contribution in [0.5, 0.6) is 0 Å². The van der Waals surface area contributed by atoms with Crippen LogP contribution in [-0.4, -0.2) is 36.2 Å². The zero-order chi connectivity index (χ0) is 15.1. The van der Waals surface area contributed by atoms with Crippen molar-refractivity contribution in [3.05, 3.63) is 29.8 Å². The van der Waals surface area contributed by atoms with Gasteiger partial charge in [0.2, 0.25) is 5.91 Å². The molecule has 0 saturated carbocycles. The Labute approximate surface area is 126 Å². The van der Waals surface area contributed by atoms with Crippen LogP contribution < -0.4 is 5.32 Å². The minimum Gasteiger partial charge on any atom is -0.360 e. The van der Waals surface area contributed by atoms with Crippen LogP contribution in [0.1, 0.15) is 39.2 Å². The summed E-state index contributed by atoms with van der Waals surface area (Å²) >= 11 is 0. The number of likely N-dealkylation sites (tertiary alicyclic amines) is 1. The lowest BCUT2D eigenvalue weighted by Gasteiger charge is -2.38. The van der Waals surface area contributed by atoms with Crippen molar-refractivity contribution in [1.29, 1.82) is 0 Å². The average Bonchev–Trinajstić information content (AvgIpc) is 2.71. The highest BCUT2D eigenvalue weighted by Crippen LogP contribution is 2.44. The first kappa shape index (κ1) is 14.5. The summed E-state index contributed by atoms with van der Waals surface area (Å²) in [4.78, 5) is 14.8. The lowest BCUT2D eigenvalue weighted by Crippen LogP contribution is -2.47. The number of ether oxygens (including phenoxy) is 1. The summed E-state index contributed by atoms with van der Waals surface area (Å²) in [6.45, 7) is 8.65. The third kappa shape index (κ3) is 2.70. The van der Waals surface area contributed by atoms with Crippen LogP contribution in [0.3, 0.4) is 0 Å². The van der Waals surface area contributed by atoms with Gasteiger partial charge in [-0.2, -0.15) is 0 Å². The largest absolute Gasteiger partial charge is 0.360 e. The van der Waals surface area contributed by atoms with E-state index in [1.165, 1.54) is 5.56 Å². The van der Waals surface area contributed by atoms with Crippen LogP contribution in [0.4, 0.5) is 5.69 Å². The van der Waals surface area contributed by atoms with Crippen LogP contribution in [0.2, 0.25) is 0 Å². The summed E-state index contributed by atoms with van der Waals surface area (Å²) < 4.78 is 5.84. The Morgan fingerprint density at radius 1 is 1.24 bits per heavy atom. The maximum absolute atomic E-state index is 12.5. The minimum atomic E-state index is -0.325. The molecular formula is C17H24N2O2. The van der Waals surface area contributed by atoms with Gasteiger partial charge in [0.1, 0.15) is 0 Å². The zero-order valence-electron chi connectivity index (χ0n) is 13.1. The number of fused-ring (bicyclic) bond motifs is 2. The van der Waals surface area contributed by atoms with Gasteiger partial charge in [0, 0.05) is 18.8 Å². The molecule has 2 heterocycles. The van der Waals surface area contributed by atoms with E-state index in [2.05, 4.69) is 37.1 Å². The summed E-state index contributed by atoms with van der Waals surface area (Å²) in [6, 6.07) is 8.09. The Bertz CT molecular complexity index is 540. The smallest absolute Gasteiger partial charge is 0.235 e. The Balaban J connectivity index is 1.69. The highest BCUT2D eigenvalue weighted by Gasteiger charge is 2.48. The van der Waals surface area contributed by atoms with Crippen LogP contribution >= 0.6 is 0 Å². The molecule has 1 fully saturated rings. The first-order chi connectivity index (χ1) is 9.91. The van der Waals surface area contributed by atoms with Gasteiger partial charge in [-0.1, -0.05) is 18.2 Å². The fraction of sp³-hybridized carbons (Fsp3) is 0.588. The quantitative estimate of drug-likeness (QED) is 0.910. The fourth-order valence-electron chi connectivity index (χ4n) is 3.22. The number of carbonyl (C=O) groups is 1. The van der Waals surface area contributed by atoms with Gasteiger partial charge >= 0.3 is 0 Å². The number of hydrogen-bond donors (Lipinski definition) is 1. The van der Waals surface area contributed by atoms with Crippen molar-refractivity contribution in [2.75, 3.05) is 25.1 Å². The molecule has 0 atom stereocenters. The molecule has 2 aliphatic rings. The van der Waals surface area contributed by atoms with E-state index in [1.807, 2.05) is 18.2 Å². The highest BCUT2D eigenvalue weighted by molar-refractivity contribution is 6.06. The summed E-state index contributed by atoms with van der Waals surface area (Å²) in [5.74, 6) is 0.167. The number of amides is 1. The first-order valence-corrected chi connectivity index (χ1v) is 7.68. The molecule has 0 aliphatic carbocycles.